The quantitative estimate of drug-likeness (QED) is 0.810. The van der Waals surface area contributed by atoms with E-state index in [0.717, 1.165) is 40.1 Å². The number of hydrogen-bond donors (Lipinski definition) is 1. The van der Waals surface area contributed by atoms with E-state index < -0.39 is 0 Å². The van der Waals surface area contributed by atoms with Gasteiger partial charge in [0.15, 0.2) is 0 Å². The molecule has 0 spiro atoms. The lowest BCUT2D eigenvalue weighted by atomic mass is 9.95. The van der Waals surface area contributed by atoms with Crippen molar-refractivity contribution in [1.29, 1.82) is 0 Å². The molecule has 0 aliphatic rings. The molecule has 0 saturated heterocycles. The molecule has 0 bridgehead atoms. The summed E-state index contributed by atoms with van der Waals surface area (Å²) in [5.74, 6) is 0.436. The summed E-state index contributed by atoms with van der Waals surface area (Å²) in [6, 6.07) is 4.01. The van der Waals surface area contributed by atoms with Gasteiger partial charge in [-0.3, -0.25) is 4.98 Å². The van der Waals surface area contributed by atoms with Gasteiger partial charge < -0.3 is 5.32 Å². The van der Waals surface area contributed by atoms with E-state index in [1.54, 1.807) is 0 Å². The number of anilines is 1. The van der Waals surface area contributed by atoms with Crippen LogP contribution in [0.25, 0.3) is 10.9 Å². The van der Waals surface area contributed by atoms with E-state index in [0.29, 0.717) is 5.92 Å². The van der Waals surface area contributed by atoms with Gasteiger partial charge in [0.25, 0.3) is 0 Å². The first-order valence-electron chi connectivity index (χ1n) is 7.29. The van der Waals surface area contributed by atoms with Gasteiger partial charge in [0.2, 0.25) is 0 Å². The minimum Gasteiger partial charge on any atom is -0.384 e. The molecule has 0 unspecified atom stereocenters. The molecule has 1 heterocycles. The molecule has 2 rings (SSSR count). The third-order valence-electron chi connectivity index (χ3n) is 3.60. The molecule has 20 heavy (non-hydrogen) atoms. The Morgan fingerprint density at radius 2 is 1.95 bits per heavy atom. The first-order chi connectivity index (χ1) is 9.45. The van der Waals surface area contributed by atoms with E-state index in [1.807, 2.05) is 12.1 Å². The highest BCUT2D eigenvalue weighted by Crippen LogP contribution is 2.36. The maximum atomic E-state index is 6.25. The van der Waals surface area contributed by atoms with Gasteiger partial charge in [-0.2, -0.15) is 0 Å². The first kappa shape index (κ1) is 15.1. The molecule has 2 aromatic rings. The van der Waals surface area contributed by atoms with Crippen LogP contribution in [0.2, 0.25) is 5.02 Å². The van der Waals surface area contributed by atoms with E-state index in [4.69, 9.17) is 16.6 Å². The molecule has 3 heteroatoms. The second kappa shape index (κ2) is 6.01. The van der Waals surface area contributed by atoms with Gasteiger partial charge in [-0.05, 0) is 49.4 Å². The standard InChI is InChI=1S/C17H23ClN2/c1-6-7-19-17-14-9-13(18)8-11(4)16(14)20-12(5)15(17)10(2)3/h8-10H,6-7H2,1-5H3,(H,19,20). The Kier molecular flexibility index (Phi) is 4.54. The zero-order valence-corrected chi connectivity index (χ0v) is 13.7. The maximum absolute atomic E-state index is 6.25. The van der Waals surface area contributed by atoms with Gasteiger partial charge in [0.1, 0.15) is 0 Å². The van der Waals surface area contributed by atoms with E-state index in [1.165, 1.54) is 11.3 Å². The molecule has 2 nitrogen and oxygen atoms in total. The van der Waals surface area contributed by atoms with E-state index in [-0.39, 0.29) is 0 Å². The largest absolute Gasteiger partial charge is 0.384 e. The third-order valence-corrected chi connectivity index (χ3v) is 3.82. The molecule has 0 aliphatic heterocycles. The molecule has 0 saturated carbocycles. The molecule has 1 aromatic carbocycles. The fourth-order valence-electron chi connectivity index (χ4n) is 2.78. The van der Waals surface area contributed by atoms with Crippen LogP contribution >= 0.6 is 11.6 Å². The van der Waals surface area contributed by atoms with Crippen molar-refractivity contribution < 1.29 is 0 Å². The predicted octanol–water partition coefficient (Wildman–Crippen LogP) is 5.45. The number of fused-ring (bicyclic) bond motifs is 1. The maximum Gasteiger partial charge on any atom is 0.0756 e. The fourth-order valence-corrected chi connectivity index (χ4v) is 3.05. The molecule has 1 aromatic heterocycles. The van der Waals surface area contributed by atoms with Crippen molar-refractivity contribution in [2.75, 3.05) is 11.9 Å². The summed E-state index contributed by atoms with van der Waals surface area (Å²) in [4.78, 5) is 4.81. The van der Waals surface area contributed by atoms with E-state index in [9.17, 15) is 0 Å². The zero-order valence-electron chi connectivity index (χ0n) is 13.0. The highest BCUT2D eigenvalue weighted by molar-refractivity contribution is 6.31. The smallest absolute Gasteiger partial charge is 0.0756 e. The molecule has 0 amide bonds. The number of hydrogen-bond acceptors (Lipinski definition) is 2. The lowest BCUT2D eigenvalue weighted by Crippen LogP contribution is -2.08. The molecular formula is C17H23ClN2. The van der Waals surface area contributed by atoms with Crippen molar-refractivity contribution in [3.8, 4) is 0 Å². The number of nitrogens with zero attached hydrogens (tertiary/aromatic N) is 1. The SMILES string of the molecule is CCCNc1c(C(C)C)c(C)nc2c(C)cc(Cl)cc12. The van der Waals surface area contributed by atoms with Crippen LogP contribution in [0.4, 0.5) is 5.69 Å². The Hall–Kier alpha value is -1.28. The summed E-state index contributed by atoms with van der Waals surface area (Å²) >= 11 is 6.25. The molecule has 0 aliphatic carbocycles. The number of benzene rings is 1. The lowest BCUT2D eigenvalue weighted by Gasteiger charge is -2.20. The van der Waals surface area contributed by atoms with Crippen LogP contribution in [0, 0.1) is 13.8 Å². The molecule has 1 N–H and O–H groups in total. The average molecular weight is 291 g/mol. The van der Waals surface area contributed by atoms with Crippen molar-refractivity contribution in [2.24, 2.45) is 0 Å². The van der Waals surface area contributed by atoms with Crippen molar-refractivity contribution in [3.63, 3.8) is 0 Å². The van der Waals surface area contributed by atoms with Gasteiger partial charge in [0, 0.05) is 28.3 Å². The van der Waals surface area contributed by atoms with Crippen LogP contribution in [0.1, 0.15) is 49.9 Å². The highest BCUT2D eigenvalue weighted by Gasteiger charge is 2.16. The topological polar surface area (TPSA) is 24.9 Å². The van der Waals surface area contributed by atoms with Crippen LogP contribution in [0.5, 0.6) is 0 Å². The Morgan fingerprint density at radius 3 is 2.55 bits per heavy atom. The molecule has 0 radical (unpaired) electrons. The summed E-state index contributed by atoms with van der Waals surface area (Å²) in [6.45, 7) is 11.7. The van der Waals surface area contributed by atoms with Crippen molar-refractivity contribution in [3.05, 3.63) is 34.0 Å². The minimum absolute atomic E-state index is 0.436. The van der Waals surface area contributed by atoms with Crippen LogP contribution in [-0.2, 0) is 0 Å². The van der Waals surface area contributed by atoms with Gasteiger partial charge in [0.05, 0.1) is 5.52 Å². The summed E-state index contributed by atoms with van der Waals surface area (Å²) in [5.41, 5.74) is 5.79. The number of nitrogens with one attached hydrogen (secondary N) is 1. The summed E-state index contributed by atoms with van der Waals surface area (Å²) < 4.78 is 0. The van der Waals surface area contributed by atoms with Crippen LogP contribution < -0.4 is 5.32 Å². The number of halogens is 1. The van der Waals surface area contributed by atoms with Gasteiger partial charge in [-0.25, -0.2) is 0 Å². The second-order valence-corrected chi connectivity index (χ2v) is 6.12. The van der Waals surface area contributed by atoms with Crippen molar-refractivity contribution in [1.82, 2.24) is 4.98 Å². The van der Waals surface area contributed by atoms with Gasteiger partial charge in [-0.15, -0.1) is 0 Å². The molecule has 108 valence electrons. The van der Waals surface area contributed by atoms with Crippen molar-refractivity contribution in [2.45, 2.75) is 47.0 Å². The van der Waals surface area contributed by atoms with Crippen molar-refractivity contribution >= 4 is 28.2 Å². The first-order valence-corrected chi connectivity index (χ1v) is 7.67. The summed E-state index contributed by atoms with van der Waals surface area (Å²) in [7, 11) is 0. The van der Waals surface area contributed by atoms with Crippen LogP contribution in [-0.4, -0.2) is 11.5 Å². The highest BCUT2D eigenvalue weighted by atomic mass is 35.5. The average Bonchev–Trinajstić information content (AvgIpc) is 2.36. The van der Waals surface area contributed by atoms with E-state index in [2.05, 4.69) is 39.9 Å². The minimum atomic E-state index is 0.436. The zero-order chi connectivity index (χ0) is 14.9. The fraction of sp³-hybridized carbons (Fsp3) is 0.471. The Labute approximate surface area is 126 Å². The molecular weight excluding hydrogens is 268 g/mol. The Balaban J connectivity index is 2.80. The van der Waals surface area contributed by atoms with Gasteiger partial charge in [-0.1, -0.05) is 32.4 Å². The number of aryl methyl sites for hydroxylation is 2. The Bertz CT molecular complexity index is 633. The van der Waals surface area contributed by atoms with Gasteiger partial charge >= 0.3 is 0 Å². The molecule has 0 atom stereocenters. The van der Waals surface area contributed by atoms with Crippen LogP contribution in [0.3, 0.4) is 0 Å². The molecule has 0 fully saturated rings. The monoisotopic (exact) mass is 290 g/mol. The number of pyridine rings is 1. The lowest BCUT2D eigenvalue weighted by molar-refractivity contribution is 0.844. The summed E-state index contributed by atoms with van der Waals surface area (Å²) in [6.07, 6.45) is 1.10. The number of rotatable bonds is 4. The summed E-state index contributed by atoms with van der Waals surface area (Å²) in [5, 5.41) is 5.49. The predicted molar refractivity (Wildman–Crippen MR) is 89.1 cm³/mol. The van der Waals surface area contributed by atoms with Crippen LogP contribution in [0.15, 0.2) is 12.1 Å². The second-order valence-electron chi connectivity index (χ2n) is 5.69. The normalized spacial score (nSPS) is 11.3. The van der Waals surface area contributed by atoms with E-state index >= 15 is 0 Å². The Morgan fingerprint density at radius 1 is 1.25 bits per heavy atom. The number of aromatic nitrogens is 1. The third kappa shape index (κ3) is 2.76.